The minimum Gasteiger partial charge on any atom is -0.332 e. The summed E-state index contributed by atoms with van der Waals surface area (Å²) in [6.45, 7) is 0.511. The van der Waals surface area contributed by atoms with Crippen molar-refractivity contribution >= 4 is 68.0 Å². The number of hydrogen-bond acceptors (Lipinski definition) is 6. The van der Waals surface area contributed by atoms with Crippen molar-refractivity contribution in [3.8, 4) is 0 Å². The summed E-state index contributed by atoms with van der Waals surface area (Å²) in [6, 6.07) is 14.9. The van der Waals surface area contributed by atoms with Crippen molar-refractivity contribution in [2.45, 2.75) is 11.4 Å². The predicted molar refractivity (Wildman–Crippen MR) is 137 cm³/mol. The Morgan fingerprint density at radius 3 is 2.41 bits per heavy atom. The normalized spacial score (nSPS) is 11.1. The van der Waals surface area contributed by atoms with E-state index in [0.29, 0.717) is 33.2 Å². The first kappa shape index (κ1) is 23.9. The molecule has 0 atom stereocenters. The fourth-order valence-electron chi connectivity index (χ4n) is 2.87. The molecule has 0 spiro atoms. The van der Waals surface area contributed by atoms with Gasteiger partial charge in [-0.05, 0) is 60.2 Å². The van der Waals surface area contributed by atoms with Crippen LogP contribution < -0.4 is 15.4 Å². The Kier molecular flexibility index (Phi) is 7.27. The molecule has 0 aliphatic heterocycles. The third-order valence-electron chi connectivity index (χ3n) is 4.42. The quantitative estimate of drug-likeness (QED) is 0.294. The van der Waals surface area contributed by atoms with Gasteiger partial charge in [0.2, 0.25) is 5.95 Å². The lowest BCUT2D eigenvalue weighted by Gasteiger charge is -2.10. The molecule has 0 fully saturated rings. The van der Waals surface area contributed by atoms with Crippen molar-refractivity contribution < 1.29 is 8.42 Å². The summed E-state index contributed by atoms with van der Waals surface area (Å²) in [5.74, 6) is 0.539. The van der Waals surface area contributed by atoms with E-state index < -0.39 is 10.0 Å². The minimum absolute atomic E-state index is 0.00586. The first-order chi connectivity index (χ1) is 16.3. The molecule has 3 N–H and O–H groups in total. The summed E-state index contributed by atoms with van der Waals surface area (Å²) < 4.78 is 29.0. The molecule has 0 amide bonds. The summed E-state index contributed by atoms with van der Waals surface area (Å²) >= 11 is 17.3. The van der Waals surface area contributed by atoms with Crippen molar-refractivity contribution in [3.05, 3.63) is 88.8 Å². The third kappa shape index (κ3) is 6.20. The molecular formula is C21H17Cl2N7O2S2. The molecule has 2 heterocycles. The maximum Gasteiger partial charge on any atom is 0.264 e. The SMILES string of the molecule is O=S(=O)(Nc1ncccn1)c1ccc(NC(=S)Nc2ccn(Cc3ccc(Cl)c(Cl)c3)n2)cc1. The lowest BCUT2D eigenvalue weighted by molar-refractivity contribution is 0.601. The predicted octanol–water partition coefficient (Wildman–Crippen LogP) is 4.64. The fraction of sp³-hybridized carbons (Fsp3) is 0.0476. The van der Waals surface area contributed by atoms with E-state index in [1.165, 1.54) is 24.5 Å². The maximum absolute atomic E-state index is 12.5. The summed E-state index contributed by atoms with van der Waals surface area (Å²) in [6.07, 6.45) is 4.70. The number of nitrogens with one attached hydrogen (secondary N) is 3. The largest absolute Gasteiger partial charge is 0.332 e. The van der Waals surface area contributed by atoms with Crippen LogP contribution in [0.1, 0.15) is 5.56 Å². The Hall–Kier alpha value is -3.25. The van der Waals surface area contributed by atoms with E-state index in [2.05, 4.69) is 30.4 Å². The molecule has 13 heteroatoms. The first-order valence-corrected chi connectivity index (χ1v) is 12.4. The Labute approximate surface area is 211 Å². The number of aromatic nitrogens is 4. The molecule has 0 saturated heterocycles. The molecular weight excluding hydrogens is 517 g/mol. The van der Waals surface area contributed by atoms with Gasteiger partial charge >= 0.3 is 0 Å². The van der Waals surface area contributed by atoms with Crippen LogP contribution in [0, 0.1) is 0 Å². The number of thiocarbonyl (C=S) groups is 1. The van der Waals surface area contributed by atoms with Crippen molar-refractivity contribution in [1.82, 2.24) is 19.7 Å². The van der Waals surface area contributed by atoms with Gasteiger partial charge in [0.15, 0.2) is 10.9 Å². The highest BCUT2D eigenvalue weighted by Crippen LogP contribution is 2.23. The van der Waals surface area contributed by atoms with Crippen molar-refractivity contribution in [1.29, 1.82) is 0 Å². The van der Waals surface area contributed by atoms with Crippen LogP contribution in [0.3, 0.4) is 0 Å². The Morgan fingerprint density at radius 2 is 1.71 bits per heavy atom. The smallest absolute Gasteiger partial charge is 0.264 e. The summed E-state index contributed by atoms with van der Waals surface area (Å²) in [5.41, 5.74) is 1.55. The average Bonchev–Trinajstić information content (AvgIpc) is 3.23. The highest BCUT2D eigenvalue weighted by Gasteiger charge is 2.15. The summed E-state index contributed by atoms with van der Waals surface area (Å²) in [4.78, 5) is 7.78. The number of hydrogen-bond donors (Lipinski definition) is 3. The van der Waals surface area contributed by atoms with Gasteiger partial charge in [-0.25, -0.2) is 23.1 Å². The number of anilines is 3. The van der Waals surface area contributed by atoms with Crippen LogP contribution in [0.25, 0.3) is 0 Å². The summed E-state index contributed by atoms with van der Waals surface area (Å²) in [5, 5.41) is 11.7. The minimum atomic E-state index is -3.81. The van der Waals surface area contributed by atoms with Gasteiger partial charge in [-0.3, -0.25) is 4.68 Å². The van der Waals surface area contributed by atoms with Crippen LogP contribution in [-0.4, -0.2) is 33.3 Å². The first-order valence-electron chi connectivity index (χ1n) is 9.74. The van der Waals surface area contributed by atoms with Gasteiger partial charge in [-0.15, -0.1) is 0 Å². The molecule has 174 valence electrons. The molecule has 9 nitrogen and oxygen atoms in total. The topological polar surface area (TPSA) is 114 Å². The maximum atomic E-state index is 12.5. The van der Waals surface area contributed by atoms with E-state index in [-0.39, 0.29) is 10.8 Å². The zero-order valence-corrected chi connectivity index (χ0v) is 20.5. The van der Waals surface area contributed by atoms with Gasteiger partial charge in [0.1, 0.15) is 0 Å². The number of benzene rings is 2. The Morgan fingerprint density at radius 1 is 0.971 bits per heavy atom. The second-order valence-electron chi connectivity index (χ2n) is 6.93. The molecule has 0 aliphatic rings. The Balaban J connectivity index is 1.34. The molecule has 0 aliphatic carbocycles. The van der Waals surface area contributed by atoms with E-state index in [0.717, 1.165) is 5.56 Å². The van der Waals surface area contributed by atoms with E-state index in [1.807, 2.05) is 6.07 Å². The van der Waals surface area contributed by atoms with E-state index in [4.69, 9.17) is 35.4 Å². The van der Waals surface area contributed by atoms with Gasteiger partial charge in [0.25, 0.3) is 10.0 Å². The molecule has 2 aromatic heterocycles. The average molecular weight is 534 g/mol. The third-order valence-corrected chi connectivity index (χ3v) is 6.71. The molecule has 4 rings (SSSR count). The molecule has 0 bridgehead atoms. The number of halogens is 2. The van der Waals surface area contributed by atoms with Crippen LogP contribution >= 0.6 is 35.4 Å². The zero-order valence-electron chi connectivity index (χ0n) is 17.3. The van der Waals surface area contributed by atoms with Crippen LogP contribution in [-0.2, 0) is 16.6 Å². The van der Waals surface area contributed by atoms with Gasteiger partial charge in [0.05, 0.1) is 21.5 Å². The van der Waals surface area contributed by atoms with Gasteiger partial charge < -0.3 is 10.6 Å². The standard InChI is InChI=1S/C21H17Cl2N7O2S2/c22-17-7-2-14(12-18(17)23)13-30-11-8-19(28-30)27-21(33)26-15-3-5-16(6-4-15)34(31,32)29-20-24-9-1-10-25-20/h1-12H,13H2,(H,24,25,29)(H2,26,27,28,33). The number of nitrogens with zero attached hydrogens (tertiary/aromatic N) is 4. The monoisotopic (exact) mass is 533 g/mol. The molecule has 0 saturated carbocycles. The van der Waals surface area contributed by atoms with Gasteiger partial charge in [-0.2, -0.15) is 5.10 Å². The van der Waals surface area contributed by atoms with Gasteiger partial charge in [-0.1, -0.05) is 29.3 Å². The molecule has 0 radical (unpaired) electrons. The molecule has 2 aromatic carbocycles. The molecule has 4 aromatic rings. The van der Waals surface area contributed by atoms with Crippen molar-refractivity contribution in [2.24, 2.45) is 0 Å². The van der Waals surface area contributed by atoms with E-state index in [1.54, 1.807) is 47.3 Å². The molecule has 34 heavy (non-hydrogen) atoms. The lowest BCUT2D eigenvalue weighted by Crippen LogP contribution is -2.20. The van der Waals surface area contributed by atoms with Gasteiger partial charge in [0, 0.05) is 30.3 Å². The lowest BCUT2D eigenvalue weighted by atomic mass is 10.2. The van der Waals surface area contributed by atoms with Crippen LogP contribution in [0.15, 0.2) is 78.1 Å². The van der Waals surface area contributed by atoms with Crippen molar-refractivity contribution in [3.63, 3.8) is 0 Å². The zero-order chi connectivity index (χ0) is 24.1. The highest BCUT2D eigenvalue weighted by molar-refractivity contribution is 7.92. The van der Waals surface area contributed by atoms with Crippen LogP contribution in [0.4, 0.5) is 17.5 Å². The number of sulfonamides is 1. The molecule has 0 unspecified atom stereocenters. The second kappa shape index (κ2) is 10.3. The summed E-state index contributed by atoms with van der Waals surface area (Å²) in [7, 11) is -3.81. The second-order valence-corrected chi connectivity index (χ2v) is 9.83. The highest BCUT2D eigenvalue weighted by atomic mass is 35.5. The van der Waals surface area contributed by atoms with E-state index in [9.17, 15) is 8.42 Å². The van der Waals surface area contributed by atoms with Crippen LogP contribution in [0.2, 0.25) is 10.0 Å². The fourth-order valence-corrected chi connectivity index (χ4v) is 4.37. The number of rotatable bonds is 7. The van der Waals surface area contributed by atoms with Crippen molar-refractivity contribution in [2.75, 3.05) is 15.4 Å². The van der Waals surface area contributed by atoms with Crippen LogP contribution in [0.5, 0.6) is 0 Å². The Bertz CT molecular complexity index is 1410. The van der Waals surface area contributed by atoms with E-state index >= 15 is 0 Å².